The van der Waals surface area contributed by atoms with E-state index < -0.39 is 28.9 Å². The first-order valence-corrected chi connectivity index (χ1v) is 13.0. The lowest BCUT2D eigenvalue weighted by atomic mass is 9.91. The Morgan fingerprint density at radius 1 is 1.11 bits per heavy atom. The zero-order valence-corrected chi connectivity index (χ0v) is 20.4. The Hall–Kier alpha value is -3.30. The summed E-state index contributed by atoms with van der Waals surface area (Å²) in [6.45, 7) is 2.51. The lowest BCUT2D eigenvalue weighted by Crippen LogP contribution is -2.70. The average molecular weight is 506 g/mol. The van der Waals surface area contributed by atoms with Gasteiger partial charge in [0.2, 0.25) is 5.43 Å². The van der Waals surface area contributed by atoms with E-state index in [4.69, 9.17) is 4.74 Å². The average Bonchev–Trinajstić information content (AvgIpc) is 3.66. The van der Waals surface area contributed by atoms with Crippen LogP contribution in [0.25, 0.3) is 0 Å². The third-order valence-corrected chi connectivity index (χ3v) is 9.13. The number of hydrogen-bond acceptors (Lipinski definition) is 6. The van der Waals surface area contributed by atoms with Gasteiger partial charge in [0.25, 0.3) is 5.91 Å². The van der Waals surface area contributed by atoms with Gasteiger partial charge in [-0.2, -0.15) is 0 Å². The van der Waals surface area contributed by atoms with Crippen molar-refractivity contribution in [2.75, 3.05) is 18.2 Å². The van der Waals surface area contributed by atoms with Crippen LogP contribution in [0, 0.1) is 12.7 Å². The highest BCUT2D eigenvalue weighted by Gasteiger charge is 2.60. The molecule has 1 unspecified atom stereocenters. The molecule has 1 spiro atoms. The summed E-state index contributed by atoms with van der Waals surface area (Å²) in [5.74, 6) is -0.566. The molecule has 1 saturated heterocycles. The minimum atomic E-state index is -0.596. The number of pyridine rings is 1. The van der Waals surface area contributed by atoms with Crippen molar-refractivity contribution in [2.45, 2.75) is 48.2 Å². The van der Waals surface area contributed by atoms with Gasteiger partial charge in [0.05, 0.1) is 24.8 Å². The number of hydrogen-bond donors (Lipinski definition) is 1. The van der Waals surface area contributed by atoms with Crippen molar-refractivity contribution in [3.8, 4) is 5.75 Å². The number of thioether (sulfide) groups is 1. The summed E-state index contributed by atoms with van der Waals surface area (Å²) in [6, 6.07) is 12.3. The largest absolute Gasteiger partial charge is 0.502 e. The Labute approximate surface area is 211 Å². The monoisotopic (exact) mass is 505 g/mol. The predicted molar refractivity (Wildman–Crippen MR) is 132 cm³/mol. The molecule has 0 bridgehead atoms. The maximum absolute atomic E-state index is 14.7. The zero-order valence-electron chi connectivity index (χ0n) is 19.6. The molecule has 184 valence electrons. The van der Waals surface area contributed by atoms with Crippen LogP contribution < -0.4 is 10.4 Å². The van der Waals surface area contributed by atoms with Crippen molar-refractivity contribution in [1.82, 2.24) is 9.58 Å². The van der Waals surface area contributed by atoms with Crippen LogP contribution in [-0.4, -0.2) is 45.5 Å². The number of halogens is 1. The van der Waals surface area contributed by atoms with Gasteiger partial charge in [-0.3, -0.25) is 19.3 Å². The lowest BCUT2D eigenvalue weighted by Gasteiger charge is -2.54. The van der Waals surface area contributed by atoms with Gasteiger partial charge < -0.3 is 14.7 Å². The standard InChI is InChI=1S/C27H24FN3O4S/c1-15-18-13-36-21-5-3-2-4-17(21)23(16(18)6-7-19(15)28)31-22-12-35-14-27(9-10-27)30(22)26(34)24-25(33)20(32)8-11-29(24)31/h2-8,11,22-23,33H,9-10,12-14H2,1H3/t22-,23?/m1/s1. The summed E-state index contributed by atoms with van der Waals surface area (Å²) < 4.78 is 22.4. The highest BCUT2D eigenvalue weighted by Crippen LogP contribution is 2.51. The van der Waals surface area contributed by atoms with Crippen LogP contribution in [-0.2, 0) is 10.5 Å². The molecule has 2 fully saturated rings. The number of carbonyl (C=O) groups is 1. The van der Waals surface area contributed by atoms with E-state index in [1.54, 1.807) is 29.6 Å². The van der Waals surface area contributed by atoms with Crippen LogP contribution in [0.15, 0.2) is 58.4 Å². The fourth-order valence-corrected chi connectivity index (χ4v) is 7.19. The lowest BCUT2D eigenvalue weighted by molar-refractivity contribution is -0.0617. The van der Waals surface area contributed by atoms with E-state index in [0.29, 0.717) is 17.9 Å². The molecule has 1 aliphatic carbocycles. The van der Waals surface area contributed by atoms with Crippen LogP contribution in [0.5, 0.6) is 5.75 Å². The highest BCUT2D eigenvalue weighted by molar-refractivity contribution is 7.98. The first-order valence-electron chi connectivity index (χ1n) is 12.1. The van der Waals surface area contributed by atoms with Gasteiger partial charge in [-0.05, 0) is 54.2 Å². The summed E-state index contributed by atoms with van der Waals surface area (Å²) in [6.07, 6.45) is 2.69. The summed E-state index contributed by atoms with van der Waals surface area (Å²) >= 11 is 1.66. The molecule has 0 radical (unpaired) electrons. The number of benzene rings is 2. The SMILES string of the molecule is Cc1c(F)ccc2c1CSc1ccccc1C2N1[C@@H]2COCC3(CC3)N2C(=O)c2c(O)c(=O)ccn21. The smallest absolute Gasteiger partial charge is 0.278 e. The molecule has 3 aliphatic heterocycles. The second-order valence-electron chi connectivity index (χ2n) is 9.97. The number of aromatic hydroxyl groups is 1. The molecule has 1 aromatic heterocycles. The van der Waals surface area contributed by atoms with Gasteiger partial charge in [0.1, 0.15) is 12.0 Å². The maximum Gasteiger partial charge on any atom is 0.278 e. The van der Waals surface area contributed by atoms with E-state index in [1.807, 2.05) is 28.1 Å². The summed E-state index contributed by atoms with van der Waals surface area (Å²) in [5.41, 5.74) is 2.38. The zero-order chi connectivity index (χ0) is 24.8. The van der Waals surface area contributed by atoms with Crippen molar-refractivity contribution in [3.05, 3.63) is 92.6 Å². The first kappa shape index (κ1) is 21.9. The molecule has 36 heavy (non-hydrogen) atoms. The van der Waals surface area contributed by atoms with Crippen molar-refractivity contribution in [1.29, 1.82) is 0 Å². The van der Waals surface area contributed by atoms with Gasteiger partial charge >= 0.3 is 0 Å². The first-order chi connectivity index (χ1) is 17.4. The molecule has 1 amide bonds. The van der Waals surface area contributed by atoms with Gasteiger partial charge in [-0.1, -0.05) is 24.3 Å². The normalized spacial score (nSPS) is 23.4. The highest BCUT2D eigenvalue weighted by atomic mass is 32.2. The Kier molecular flexibility index (Phi) is 4.63. The van der Waals surface area contributed by atoms with Crippen molar-refractivity contribution >= 4 is 17.7 Å². The number of morpholine rings is 1. The minimum absolute atomic E-state index is 0.0401. The van der Waals surface area contributed by atoms with Gasteiger partial charge in [-0.15, -0.1) is 11.8 Å². The summed E-state index contributed by atoms with van der Waals surface area (Å²) in [5, 5.41) is 12.9. The quantitative estimate of drug-likeness (QED) is 0.544. The molecule has 1 N–H and O–H groups in total. The second-order valence-corrected chi connectivity index (χ2v) is 11.0. The number of aromatic nitrogens is 1. The number of ether oxygens (including phenoxy) is 1. The molecular formula is C27H24FN3O4S. The third-order valence-electron chi connectivity index (χ3n) is 8.02. The summed E-state index contributed by atoms with van der Waals surface area (Å²) in [7, 11) is 0. The number of fused-ring (bicyclic) bond motifs is 5. The molecule has 4 heterocycles. The van der Waals surface area contributed by atoms with Crippen LogP contribution in [0.1, 0.15) is 51.6 Å². The van der Waals surface area contributed by atoms with Crippen LogP contribution in [0.4, 0.5) is 4.39 Å². The Morgan fingerprint density at radius 2 is 1.92 bits per heavy atom. The maximum atomic E-state index is 14.7. The topological polar surface area (TPSA) is 75.0 Å². The number of rotatable bonds is 1. The summed E-state index contributed by atoms with van der Waals surface area (Å²) in [4.78, 5) is 29.2. The third kappa shape index (κ3) is 2.90. The number of nitrogens with zero attached hydrogens (tertiary/aromatic N) is 3. The molecule has 4 aliphatic rings. The second kappa shape index (κ2) is 7.60. The molecule has 7 nitrogen and oxygen atoms in total. The molecule has 2 aromatic carbocycles. The Morgan fingerprint density at radius 3 is 2.72 bits per heavy atom. The molecule has 9 heteroatoms. The fourth-order valence-electron chi connectivity index (χ4n) is 5.99. The molecule has 7 rings (SSSR count). The van der Waals surface area contributed by atoms with Gasteiger partial charge in [-0.25, -0.2) is 4.39 Å². The van der Waals surface area contributed by atoms with Crippen molar-refractivity contribution < 1.29 is 19.0 Å². The fraction of sp³-hybridized carbons (Fsp3) is 0.333. The van der Waals surface area contributed by atoms with Crippen LogP contribution in [0.2, 0.25) is 0 Å². The Balaban J connectivity index is 1.54. The molecule has 2 atom stereocenters. The van der Waals surface area contributed by atoms with E-state index in [0.717, 1.165) is 34.4 Å². The van der Waals surface area contributed by atoms with Gasteiger partial charge in [0.15, 0.2) is 11.4 Å². The van der Waals surface area contributed by atoms with E-state index in [1.165, 1.54) is 12.1 Å². The molecule has 3 aromatic rings. The van der Waals surface area contributed by atoms with Crippen LogP contribution >= 0.6 is 11.8 Å². The Bertz CT molecular complexity index is 1500. The van der Waals surface area contributed by atoms with E-state index in [2.05, 4.69) is 12.1 Å². The van der Waals surface area contributed by atoms with Gasteiger partial charge in [0, 0.05) is 22.9 Å². The number of carbonyl (C=O) groups excluding carboxylic acids is 1. The van der Waals surface area contributed by atoms with E-state index in [-0.39, 0.29) is 24.0 Å². The predicted octanol–water partition coefficient (Wildman–Crippen LogP) is 3.68. The van der Waals surface area contributed by atoms with E-state index in [9.17, 15) is 19.1 Å². The minimum Gasteiger partial charge on any atom is -0.502 e. The van der Waals surface area contributed by atoms with Crippen LogP contribution in [0.3, 0.4) is 0 Å². The number of amides is 1. The van der Waals surface area contributed by atoms with Crippen molar-refractivity contribution in [2.24, 2.45) is 0 Å². The van der Waals surface area contributed by atoms with E-state index >= 15 is 0 Å². The van der Waals surface area contributed by atoms with Crippen molar-refractivity contribution in [3.63, 3.8) is 0 Å². The molecular weight excluding hydrogens is 481 g/mol. The molecule has 1 saturated carbocycles.